The van der Waals surface area contributed by atoms with Crippen molar-refractivity contribution in [1.29, 1.82) is 0 Å². The van der Waals surface area contributed by atoms with Crippen LogP contribution in [-0.2, 0) is 16.1 Å². The van der Waals surface area contributed by atoms with Crippen molar-refractivity contribution in [1.82, 2.24) is 9.78 Å². The van der Waals surface area contributed by atoms with Gasteiger partial charge in [0.15, 0.2) is 12.3 Å². The highest BCUT2D eigenvalue weighted by molar-refractivity contribution is 6.03. The number of aromatic nitrogens is 2. The van der Waals surface area contributed by atoms with E-state index < -0.39 is 18.5 Å². The summed E-state index contributed by atoms with van der Waals surface area (Å²) < 4.78 is 11.7. The summed E-state index contributed by atoms with van der Waals surface area (Å²) in [6.07, 6.45) is 0. The molecule has 2 aromatic carbocycles. The average Bonchev–Trinajstić information content (AvgIpc) is 2.74. The number of aryl methyl sites for hydroxylation is 1. The second-order valence-corrected chi connectivity index (χ2v) is 7.60. The minimum Gasteiger partial charge on any atom is -0.495 e. The van der Waals surface area contributed by atoms with Crippen LogP contribution in [0.5, 0.6) is 5.75 Å². The van der Waals surface area contributed by atoms with Crippen molar-refractivity contribution in [3.63, 3.8) is 0 Å². The lowest BCUT2D eigenvalue weighted by molar-refractivity contribution is -0.119. The van der Waals surface area contributed by atoms with Crippen LogP contribution in [0, 0.1) is 12.8 Å². The van der Waals surface area contributed by atoms with Crippen molar-refractivity contribution in [3.8, 4) is 5.75 Å². The summed E-state index contributed by atoms with van der Waals surface area (Å²) in [5, 5.41) is 7.66. The number of carbonyl (C=O) groups is 2. The number of benzene rings is 2. The summed E-state index contributed by atoms with van der Waals surface area (Å²) in [5.41, 5.74) is 1.15. The molecular formula is C23H25N3O5. The molecule has 0 aliphatic heterocycles. The lowest BCUT2D eigenvalue weighted by Crippen LogP contribution is -2.29. The molecule has 1 heterocycles. The first-order chi connectivity index (χ1) is 14.8. The van der Waals surface area contributed by atoms with Gasteiger partial charge in [0.05, 0.1) is 18.2 Å². The normalized spacial score (nSPS) is 10.9. The minimum absolute atomic E-state index is 0.00298. The maximum absolute atomic E-state index is 12.7. The average molecular weight is 423 g/mol. The monoisotopic (exact) mass is 423 g/mol. The van der Waals surface area contributed by atoms with Gasteiger partial charge < -0.3 is 14.8 Å². The Kier molecular flexibility index (Phi) is 6.69. The van der Waals surface area contributed by atoms with Gasteiger partial charge in [-0.1, -0.05) is 38.1 Å². The molecule has 1 aromatic heterocycles. The summed E-state index contributed by atoms with van der Waals surface area (Å²) in [6, 6.07) is 12.1. The Morgan fingerprint density at radius 2 is 1.84 bits per heavy atom. The molecule has 0 atom stereocenters. The molecule has 1 N–H and O–H groups in total. The van der Waals surface area contributed by atoms with Gasteiger partial charge in [-0.25, -0.2) is 9.48 Å². The molecule has 0 bridgehead atoms. The molecule has 31 heavy (non-hydrogen) atoms. The molecule has 0 radical (unpaired) electrons. The number of nitrogens with one attached hydrogen (secondary N) is 1. The molecule has 0 aliphatic rings. The van der Waals surface area contributed by atoms with Crippen molar-refractivity contribution in [3.05, 3.63) is 64.1 Å². The number of hydrogen-bond donors (Lipinski definition) is 1. The van der Waals surface area contributed by atoms with Crippen LogP contribution in [0.3, 0.4) is 0 Å². The van der Waals surface area contributed by atoms with Crippen LogP contribution in [-0.4, -0.2) is 35.4 Å². The third kappa shape index (κ3) is 5.09. The zero-order valence-electron chi connectivity index (χ0n) is 18.0. The summed E-state index contributed by atoms with van der Waals surface area (Å²) in [7, 11) is 1.50. The van der Waals surface area contributed by atoms with Crippen LogP contribution in [0.15, 0.2) is 47.3 Å². The number of amides is 1. The molecule has 8 heteroatoms. The van der Waals surface area contributed by atoms with Crippen molar-refractivity contribution in [2.45, 2.75) is 27.3 Å². The number of carbonyl (C=O) groups excluding carboxylic acids is 2. The van der Waals surface area contributed by atoms with Gasteiger partial charge in [0, 0.05) is 11.9 Å². The highest BCUT2D eigenvalue weighted by Gasteiger charge is 2.19. The molecule has 3 rings (SSSR count). The Morgan fingerprint density at radius 1 is 1.13 bits per heavy atom. The Labute approximate surface area is 179 Å². The van der Waals surface area contributed by atoms with Gasteiger partial charge in [0.25, 0.3) is 11.5 Å². The third-order valence-corrected chi connectivity index (χ3v) is 4.56. The molecular weight excluding hydrogens is 398 g/mol. The van der Waals surface area contributed by atoms with Crippen LogP contribution in [0.25, 0.3) is 10.8 Å². The summed E-state index contributed by atoms with van der Waals surface area (Å²) in [4.78, 5) is 37.7. The molecule has 3 aromatic rings. The number of anilines is 1. The quantitative estimate of drug-likeness (QED) is 0.586. The highest BCUT2D eigenvalue weighted by Crippen LogP contribution is 2.25. The van der Waals surface area contributed by atoms with Crippen molar-refractivity contribution < 1.29 is 19.1 Å². The van der Waals surface area contributed by atoms with E-state index in [4.69, 9.17) is 9.47 Å². The van der Waals surface area contributed by atoms with Crippen LogP contribution in [0.2, 0.25) is 0 Å². The molecule has 162 valence electrons. The van der Waals surface area contributed by atoms with Crippen molar-refractivity contribution in [2.75, 3.05) is 19.0 Å². The molecule has 8 nitrogen and oxygen atoms in total. The maximum atomic E-state index is 12.7. The van der Waals surface area contributed by atoms with E-state index in [1.807, 2.05) is 26.8 Å². The van der Waals surface area contributed by atoms with Crippen LogP contribution in [0.4, 0.5) is 5.69 Å². The van der Waals surface area contributed by atoms with Gasteiger partial charge in [-0.3, -0.25) is 9.59 Å². The highest BCUT2D eigenvalue weighted by atomic mass is 16.5. The molecule has 0 saturated carbocycles. The summed E-state index contributed by atoms with van der Waals surface area (Å²) >= 11 is 0. The molecule has 0 aliphatic carbocycles. The Bertz CT molecular complexity index is 1180. The standard InChI is InChI=1S/C23H25N3O5/c1-14(2)12-26-22(28)17-8-6-5-7-16(17)21(25-26)23(29)31-13-20(27)24-18-11-15(3)9-10-19(18)30-4/h5-11,14H,12-13H2,1-4H3,(H,24,27). The van der Waals surface area contributed by atoms with Gasteiger partial charge in [0.1, 0.15) is 5.75 Å². The van der Waals surface area contributed by atoms with E-state index in [2.05, 4.69) is 10.4 Å². The van der Waals surface area contributed by atoms with Crippen LogP contribution < -0.4 is 15.6 Å². The second kappa shape index (κ2) is 9.42. The lowest BCUT2D eigenvalue weighted by atomic mass is 10.1. The van der Waals surface area contributed by atoms with Crippen molar-refractivity contribution in [2.24, 2.45) is 5.92 Å². The maximum Gasteiger partial charge on any atom is 0.359 e. The number of esters is 1. The SMILES string of the molecule is COc1ccc(C)cc1NC(=O)COC(=O)c1nn(CC(C)C)c(=O)c2ccccc12. The topological polar surface area (TPSA) is 99.5 Å². The fourth-order valence-corrected chi connectivity index (χ4v) is 3.16. The van der Waals surface area contributed by atoms with E-state index >= 15 is 0 Å². The first kappa shape index (κ1) is 22.0. The molecule has 0 saturated heterocycles. The predicted octanol–water partition coefficient (Wildman–Crippen LogP) is 3.17. The fourth-order valence-electron chi connectivity index (χ4n) is 3.16. The molecule has 1 amide bonds. The van der Waals surface area contributed by atoms with E-state index in [1.165, 1.54) is 11.8 Å². The van der Waals surface area contributed by atoms with Gasteiger partial charge in [0.2, 0.25) is 0 Å². The number of nitrogens with zero attached hydrogens (tertiary/aromatic N) is 2. The molecule has 0 fully saturated rings. The van der Waals surface area contributed by atoms with Gasteiger partial charge in [-0.15, -0.1) is 0 Å². The number of rotatable bonds is 7. The van der Waals surface area contributed by atoms with Crippen molar-refractivity contribution >= 4 is 28.3 Å². The van der Waals surface area contributed by atoms with Gasteiger partial charge in [-0.05, 0) is 36.6 Å². The number of hydrogen-bond acceptors (Lipinski definition) is 6. The van der Waals surface area contributed by atoms with E-state index in [-0.39, 0.29) is 17.2 Å². The zero-order valence-corrected chi connectivity index (χ0v) is 18.0. The van der Waals surface area contributed by atoms with Gasteiger partial charge >= 0.3 is 5.97 Å². The molecule has 0 unspecified atom stereocenters. The first-order valence-electron chi connectivity index (χ1n) is 9.91. The zero-order chi connectivity index (χ0) is 22.5. The van der Waals surface area contributed by atoms with Crippen LogP contribution >= 0.6 is 0 Å². The van der Waals surface area contributed by atoms with E-state index in [1.54, 1.807) is 36.4 Å². The Hall–Kier alpha value is -3.68. The Balaban J connectivity index is 1.80. The smallest absolute Gasteiger partial charge is 0.359 e. The number of fused-ring (bicyclic) bond motifs is 1. The third-order valence-electron chi connectivity index (χ3n) is 4.56. The fraction of sp³-hybridized carbons (Fsp3) is 0.304. The molecule has 0 spiro atoms. The Morgan fingerprint density at radius 3 is 2.52 bits per heavy atom. The number of methoxy groups -OCH3 is 1. The van der Waals surface area contributed by atoms with E-state index in [9.17, 15) is 14.4 Å². The predicted molar refractivity (Wildman–Crippen MR) is 117 cm³/mol. The number of ether oxygens (including phenoxy) is 2. The van der Waals surface area contributed by atoms with E-state index in [0.717, 1.165) is 5.56 Å². The second-order valence-electron chi connectivity index (χ2n) is 7.60. The summed E-state index contributed by atoms with van der Waals surface area (Å²) in [6.45, 7) is 5.64. The lowest BCUT2D eigenvalue weighted by Gasteiger charge is -2.13. The largest absolute Gasteiger partial charge is 0.495 e. The van der Waals surface area contributed by atoms with E-state index in [0.29, 0.717) is 28.8 Å². The van der Waals surface area contributed by atoms with Crippen LogP contribution in [0.1, 0.15) is 29.9 Å². The minimum atomic E-state index is -0.778. The summed E-state index contributed by atoms with van der Waals surface area (Å²) in [5.74, 6) is -0.638. The van der Waals surface area contributed by atoms with Gasteiger partial charge in [-0.2, -0.15) is 5.10 Å². The first-order valence-corrected chi connectivity index (χ1v) is 9.91.